The summed E-state index contributed by atoms with van der Waals surface area (Å²) in [4.78, 5) is 25.9. The van der Waals surface area contributed by atoms with E-state index in [9.17, 15) is 14.7 Å². The maximum atomic E-state index is 12.4. The molecule has 1 aromatic carbocycles. The number of allylic oxidation sites excluding steroid dienone is 2. The molecule has 1 saturated heterocycles. The summed E-state index contributed by atoms with van der Waals surface area (Å²) in [6.07, 6.45) is 4.44. The van der Waals surface area contributed by atoms with E-state index in [1.54, 1.807) is 24.3 Å². The predicted molar refractivity (Wildman–Crippen MR) is 89.3 cm³/mol. The average molecular weight is 340 g/mol. The lowest BCUT2D eigenvalue weighted by Crippen LogP contribution is -2.40. The Morgan fingerprint density at radius 3 is 2.32 bits per heavy atom. The van der Waals surface area contributed by atoms with Gasteiger partial charge in [-0.25, -0.2) is 0 Å². The highest BCUT2D eigenvalue weighted by atomic mass is 16.5. The third-order valence-electron chi connectivity index (χ3n) is 4.64. The number of aliphatic hydroxyl groups excluding tert-OH is 1. The number of aliphatic hydroxyl groups is 1. The third-order valence-corrected chi connectivity index (χ3v) is 4.64. The van der Waals surface area contributed by atoms with Crippen molar-refractivity contribution in [2.75, 3.05) is 13.2 Å². The fourth-order valence-corrected chi connectivity index (χ4v) is 3.30. The summed E-state index contributed by atoms with van der Waals surface area (Å²) in [5.74, 6) is -0.382. The van der Waals surface area contributed by atoms with Gasteiger partial charge in [0.15, 0.2) is 0 Å². The summed E-state index contributed by atoms with van der Waals surface area (Å²) in [7, 11) is 0. The molecule has 0 spiro atoms. The monoisotopic (exact) mass is 340 g/mol. The number of benzene rings is 1. The molecule has 25 heavy (non-hydrogen) atoms. The first-order valence-corrected chi connectivity index (χ1v) is 8.37. The fraction of sp³-hybridized carbons (Fsp3) is 0.421. The zero-order valence-electron chi connectivity index (χ0n) is 13.8. The van der Waals surface area contributed by atoms with Gasteiger partial charge in [-0.15, -0.1) is 0 Å². The molecule has 1 N–H and O–H groups in total. The molecule has 1 aliphatic heterocycles. The number of nitriles is 1. The van der Waals surface area contributed by atoms with Gasteiger partial charge < -0.3 is 9.84 Å². The second kappa shape index (κ2) is 7.49. The van der Waals surface area contributed by atoms with E-state index in [0.717, 1.165) is 5.56 Å². The SMILES string of the molecule is N#CCc1ccc(OCC(O)CN2C(=O)C3CC=CCC3C2=O)cc1. The third kappa shape index (κ3) is 3.72. The van der Waals surface area contributed by atoms with Crippen molar-refractivity contribution in [3.63, 3.8) is 0 Å². The van der Waals surface area contributed by atoms with Gasteiger partial charge in [0.25, 0.3) is 0 Å². The van der Waals surface area contributed by atoms with E-state index in [4.69, 9.17) is 10.00 Å². The Hall–Kier alpha value is -2.65. The number of fused-ring (bicyclic) bond motifs is 1. The first kappa shape index (κ1) is 17.2. The largest absolute Gasteiger partial charge is 0.491 e. The van der Waals surface area contributed by atoms with Gasteiger partial charge in [0, 0.05) is 0 Å². The molecule has 6 heteroatoms. The highest BCUT2D eigenvalue weighted by Crippen LogP contribution is 2.35. The maximum Gasteiger partial charge on any atom is 0.233 e. The number of nitrogens with zero attached hydrogens (tertiary/aromatic N) is 2. The van der Waals surface area contributed by atoms with Gasteiger partial charge in [-0.3, -0.25) is 14.5 Å². The first-order valence-electron chi connectivity index (χ1n) is 8.37. The molecule has 0 saturated carbocycles. The van der Waals surface area contributed by atoms with E-state index in [-0.39, 0.29) is 36.8 Å². The number of carbonyl (C=O) groups is 2. The number of likely N-dealkylation sites (tertiary alicyclic amines) is 1. The van der Waals surface area contributed by atoms with Crippen LogP contribution in [0.15, 0.2) is 36.4 Å². The lowest BCUT2D eigenvalue weighted by Gasteiger charge is -2.19. The molecule has 2 aliphatic rings. The fourth-order valence-electron chi connectivity index (χ4n) is 3.30. The smallest absolute Gasteiger partial charge is 0.233 e. The molecule has 3 rings (SSSR count). The average Bonchev–Trinajstić information content (AvgIpc) is 2.87. The minimum atomic E-state index is -0.945. The van der Waals surface area contributed by atoms with Crippen LogP contribution in [0.3, 0.4) is 0 Å². The van der Waals surface area contributed by atoms with Crippen LogP contribution in [0.25, 0.3) is 0 Å². The highest BCUT2D eigenvalue weighted by Gasteiger charge is 2.47. The number of amides is 2. The van der Waals surface area contributed by atoms with E-state index in [1.165, 1.54) is 4.90 Å². The Morgan fingerprint density at radius 2 is 1.76 bits per heavy atom. The quantitative estimate of drug-likeness (QED) is 0.625. The number of rotatable bonds is 6. The van der Waals surface area contributed by atoms with Crippen molar-refractivity contribution in [3.8, 4) is 11.8 Å². The van der Waals surface area contributed by atoms with E-state index in [2.05, 4.69) is 6.07 Å². The second-order valence-corrected chi connectivity index (χ2v) is 6.39. The lowest BCUT2D eigenvalue weighted by molar-refractivity contribution is -0.141. The van der Waals surface area contributed by atoms with Gasteiger partial charge in [0.1, 0.15) is 18.5 Å². The van der Waals surface area contributed by atoms with Gasteiger partial charge in [-0.05, 0) is 30.5 Å². The molecule has 130 valence electrons. The Kier molecular flexibility index (Phi) is 5.15. The highest BCUT2D eigenvalue weighted by molar-refractivity contribution is 6.05. The molecular formula is C19H20N2O4. The Balaban J connectivity index is 1.52. The molecule has 6 nitrogen and oxygen atoms in total. The van der Waals surface area contributed by atoms with Gasteiger partial charge >= 0.3 is 0 Å². The Bertz CT molecular complexity index is 694. The van der Waals surface area contributed by atoms with Crippen LogP contribution >= 0.6 is 0 Å². The number of imide groups is 1. The van der Waals surface area contributed by atoms with Crippen LogP contribution in [0.5, 0.6) is 5.75 Å². The standard InChI is InChI=1S/C19H20N2O4/c20-10-9-13-5-7-15(8-6-13)25-12-14(22)11-21-18(23)16-3-1-2-4-17(16)19(21)24/h1-2,5-8,14,16-17,22H,3-4,9,11-12H2. The van der Waals surface area contributed by atoms with Crippen LogP contribution in [0.2, 0.25) is 0 Å². The molecule has 0 radical (unpaired) electrons. The molecule has 0 aromatic heterocycles. The minimum absolute atomic E-state index is 0.0117. The predicted octanol–water partition coefficient (Wildman–Crippen LogP) is 1.44. The molecule has 1 heterocycles. The van der Waals surface area contributed by atoms with Crippen LogP contribution in [-0.2, 0) is 16.0 Å². The van der Waals surface area contributed by atoms with Crippen molar-refractivity contribution < 1.29 is 19.4 Å². The molecule has 0 bridgehead atoms. The molecule has 1 fully saturated rings. The summed E-state index contributed by atoms with van der Waals surface area (Å²) < 4.78 is 5.51. The van der Waals surface area contributed by atoms with E-state index in [0.29, 0.717) is 25.0 Å². The van der Waals surface area contributed by atoms with E-state index in [1.807, 2.05) is 12.2 Å². The van der Waals surface area contributed by atoms with Crippen molar-refractivity contribution in [3.05, 3.63) is 42.0 Å². The van der Waals surface area contributed by atoms with Crippen molar-refractivity contribution in [1.29, 1.82) is 5.26 Å². The van der Waals surface area contributed by atoms with Crippen LogP contribution in [0, 0.1) is 23.2 Å². The molecule has 1 aliphatic carbocycles. The van der Waals surface area contributed by atoms with Gasteiger partial charge in [-0.2, -0.15) is 5.26 Å². The van der Waals surface area contributed by atoms with Gasteiger partial charge in [-0.1, -0.05) is 24.3 Å². The summed E-state index contributed by atoms with van der Waals surface area (Å²) in [6, 6.07) is 9.10. The molecule has 2 amide bonds. The maximum absolute atomic E-state index is 12.4. The molecule has 3 unspecified atom stereocenters. The number of hydrogen-bond donors (Lipinski definition) is 1. The topological polar surface area (TPSA) is 90.6 Å². The van der Waals surface area contributed by atoms with Crippen molar-refractivity contribution in [1.82, 2.24) is 4.90 Å². The summed E-state index contributed by atoms with van der Waals surface area (Å²) in [5.41, 5.74) is 0.889. The zero-order chi connectivity index (χ0) is 17.8. The van der Waals surface area contributed by atoms with Crippen LogP contribution in [0.4, 0.5) is 0 Å². The van der Waals surface area contributed by atoms with E-state index < -0.39 is 6.10 Å². The summed E-state index contributed by atoms with van der Waals surface area (Å²) in [6.45, 7) is -0.0561. The number of carbonyl (C=O) groups excluding carboxylic acids is 2. The molecular weight excluding hydrogens is 320 g/mol. The summed E-state index contributed by atoms with van der Waals surface area (Å²) >= 11 is 0. The lowest BCUT2D eigenvalue weighted by atomic mass is 9.85. The van der Waals surface area contributed by atoms with Gasteiger partial charge in [0.05, 0.1) is 30.9 Å². The normalized spacial score (nSPS) is 23.3. The molecule has 3 atom stereocenters. The minimum Gasteiger partial charge on any atom is -0.491 e. The van der Waals surface area contributed by atoms with Crippen LogP contribution < -0.4 is 4.74 Å². The number of β-amino-alcohol motifs (C(OH)–C–C–N with tert-alkyl or cyclic N) is 1. The van der Waals surface area contributed by atoms with Crippen molar-refractivity contribution in [2.24, 2.45) is 11.8 Å². The first-order chi connectivity index (χ1) is 12.1. The Morgan fingerprint density at radius 1 is 1.16 bits per heavy atom. The van der Waals surface area contributed by atoms with Crippen molar-refractivity contribution >= 4 is 11.8 Å². The zero-order valence-corrected chi connectivity index (χ0v) is 13.8. The van der Waals surface area contributed by atoms with Gasteiger partial charge in [0.2, 0.25) is 11.8 Å². The molecule has 1 aromatic rings. The van der Waals surface area contributed by atoms with Crippen molar-refractivity contribution in [2.45, 2.75) is 25.4 Å². The summed E-state index contributed by atoms with van der Waals surface area (Å²) in [5, 5.41) is 18.8. The number of hydrogen-bond acceptors (Lipinski definition) is 5. The van der Waals surface area contributed by atoms with Crippen LogP contribution in [0.1, 0.15) is 18.4 Å². The van der Waals surface area contributed by atoms with E-state index >= 15 is 0 Å². The number of ether oxygens (including phenoxy) is 1. The second-order valence-electron chi connectivity index (χ2n) is 6.39. The Labute approximate surface area is 146 Å². The van der Waals surface area contributed by atoms with Crippen LogP contribution in [-0.4, -0.2) is 41.1 Å².